The van der Waals surface area contributed by atoms with E-state index in [2.05, 4.69) is 35.3 Å². The average molecular weight is 277 g/mol. The van der Waals surface area contributed by atoms with Crippen LogP contribution in [-0.2, 0) is 0 Å². The number of nitrogen functional groups attached to an aromatic ring is 1. The van der Waals surface area contributed by atoms with Gasteiger partial charge in [0.25, 0.3) is 0 Å². The maximum atomic E-state index is 8.95. The first kappa shape index (κ1) is 12.5. The molecule has 3 rings (SSSR count). The summed E-state index contributed by atoms with van der Waals surface area (Å²) in [5, 5.41) is 12.1. The predicted molar refractivity (Wildman–Crippen MR) is 81.4 cm³/mol. The van der Waals surface area contributed by atoms with Crippen molar-refractivity contribution in [2.24, 2.45) is 0 Å². The Labute approximate surface area is 121 Å². The number of hydrogen-bond acceptors (Lipinski definition) is 4. The lowest BCUT2D eigenvalue weighted by molar-refractivity contribution is 1.11. The molecule has 0 saturated carbocycles. The second kappa shape index (κ2) is 5.24. The molecule has 0 radical (unpaired) electrons. The number of hydrogen-bond donors (Lipinski definition) is 1. The normalized spacial score (nSPS) is 10.3. The minimum Gasteiger partial charge on any atom is -0.396 e. The van der Waals surface area contributed by atoms with Gasteiger partial charge in [0, 0.05) is 4.90 Å². The Hall–Kier alpha value is -2.51. The van der Waals surface area contributed by atoms with Crippen LogP contribution in [0.5, 0.6) is 0 Å². The standard InChI is InChI=1S/C16H11N3S/c17-10-15-14(18)7-8-16(19-15)20-13-6-5-11-3-1-2-4-12(11)9-13/h1-9H,18H2. The van der Waals surface area contributed by atoms with Crippen molar-refractivity contribution in [1.82, 2.24) is 4.98 Å². The largest absolute Gasteiger partial charge is 0.396 e. The van der Waals surface area contributed by atoms with Crippen molar-refractivity contribution in [3.05, 3.63) is 60.3 Å². The molecule has 0 fully saturated rings. The van der Waals surface area contributed by atoms with E-state index in [1.165, 1.54) is 22.5 Å². The van der Waals surface area contributed by atoms with Gasteiger partial charge in [0.05, 0.1) is 5.69 Å². The topological polar surface area (TPSA) is 62.7 Å². The van der Waals surface area contributed by atoms with Gasteiger partial charge in [-0.25, -0.2) is 4.98 Å². The second-order valence-corrected chi connectivity index (χ2v) is 5.40. The maximum absolute atomic E-state index is 8.95. The van der Waals surface area contributed by atoms with Gasteiger partial charge >= 0.3 is 0 Å². The first-order valence-corrected chi connectivity index (χ1v) is 6.91. The number of anilines is 1. The molecular weight excluding hydrogens is 266 g/mol. The summed E-state index contributed by atoms with van der Waals surface area (Å²) in [6.45, 7) is 0. The van der Waals surface area contributed by atoms with Gasteiger partial charge in [-0.3, -0.25) is 0 Å². The smallest absolute Gasteiger partial charge is 0.164 e. The molecule has 0 saturated heterocycles. The minimum absolute atomic E-state index is 0.274. The van der Waals surface area contributed by atoms with Gasteiger partial charge in [0.2, 0.25) is 0 Å². The zero-order valence-corrected chi connectivity index (χ0v) is 11.4. The quantitative estimate of drug-likeness (QED) is 0.773. The monoisotopic (exact) mass is 277 g/mol. The van der Waals surface area contributed by atoms with Crippen LogP contribution in [0.4, 0.5) is 5.69 Å². The van der Waals surface area contributed by atoms with Crippen molar-refractivity contribution in [2.45, 2.75) is 9.92 Å². The number of aromatic nitrogens is 1. The van der Waals surface area contributed by atoms with Crippen LogP contribution in [0.2, 0.25) is 0 Å². The molecule has 0 amide bonds. The number of nitrogens with two attached hydrogens (primary N) is 1. The maximum Gasteiger partial charge on any atom is 0.164 e. The van der Waals surface area contributed by atoms with E-state index in [0.717, 1.165) is 9.92 Å². The average Bonchev–Trinajstić information content (AvgIpc) is 2.49. The third-order valence-corrected chi connectivity index (χ3v) is 3.88. The molecule has 2 aromatic carbocycles. The SMILES string of the molecule is N#Cc1nc(Sc2ccc3ccccc3c2)ccc1N. The molecule has 0 aliphatic carbocycles. The molecule has 0 spiro atoms. The molecule has 96 valence electrons. The van der Waals surface area contributed by atoms with Crippen LogP contribution in [0.25, 0.3) is 10.8 Å². The fourth-order valence-corrected chi connectivity index (χ4v) is 2.79. The van der Waals surface area contributed by atoms with Crippen molar-refractivity contribution in [2.75, 3.05) is 5.73 Å². The summed E-state index contributed by atoms with van der Waals surface area (Å²) in [5.41, 5.74) is 6.36. The number of benzene rings is 2. The van der Waals surface area contributed by atoms with Crippen LogP contribution in [0.3, 0.4) is 0 Å². The van der Waals surface area contributed by atoms with E-state index in [1.54, 1.807) is 6.07 Å². The van der Waals surface area contributed by atoms with Crippen molar-refractivity contribution >= 4 is 28.2 Å². The summed E-state index contributed by atoms with van der Waals surface area (Å²) < 4.78 is 0. The number of nitrogens with zero attached hydrogens (tertiary/aromatic N) is 2. The molecule has 4 heteroatoms. The van der Waals surface area contributed by atoms with E-state index in [4.69, 9.17) is 11.0 Å². The molecule has 3 aromatic rings. The third-order valence-electron chi connectivity index (χ3n) is 2.95. The summed E-state index contributed by atoms with van der Waals surface area (Å²) in [5.74, 6) is 0. The Morgan fingerprint density at radius 2 is 1.80 bits per heavy atom. The third kappa shape index (κ3) is 2.44. The van der Waals surface area contributed by atoms with Gasteiger partial charge in [0.15, 0.2) is 5.69 Å². The van der Waals surface area contributed by atoms with Gasteiger partial charge < -0.3 is 5.73 Å². The predicted octanol–water partition coefficient (Wildman–Crippen LogP) is 3.84. The Balaban J connectivity index is 1.95. The van der Waals surface area contributed by atoms with Gasteiger partial charge in [0.1, 0.15) is 11.1 Å². The number of nitriles is 1. The molecule has 3 nitrogen and oxygen atoms in total. The van der Waals surface area contributed by atoms with Gasteiger partial charge in [-0.05, 0) is 35.0 Å². The lowest BCUT2D eigenvalue weighted by atomic mass is 10.1. The second-order valence-electron chi connectivity index (χ2n) is 4.31. The zero-order chi connectivity index (χ0) is 13.9. The van der Waals surface area contributed by atoms with Crippen LogP contribution < -0.4 is 5.73 Å². The number of rotatable bonds is 2. The van der Waals surface area contributed by atoms with Crippen LogP contribution in [0.15, 0.2) is 64.5 Å². The summed E-state index contributed by atoms with van der Waals surface area (Å²) in [6.07, 6.45) is 0. The molecule has 0 aliphatic rings. The summed E-state index contributed by atoms with van der Waals surface area (Å²) in [7, 11) is 0. The number of fused-ring (bicyclic) bond motifs is 1. The Morgan fingerprint density at radius 3 is 2.60 bits per heavy atom. The Bertz CT molecular complexity index is 821. The first-order chi connectivity index (χ1) is 9.76. The van der Waals surface area contributed by atoms with Gasteiger partial charge in [-0.15, -0.1) is 0 Å². The molecule has 0 bridgehead atoms. The molecule has 20 heavy (non-hydrogen) atoms. The Kier molecular flexibility index (Phi) is 3.28. The van der Waals surface area contributed by atoms with Crippen molar-refractivity contribution in [1.29, 1.82) is 5.26 Å². The van der Waals surface area contributed by atoms with E-state index in [0.29, 0.717) is 5.69 Å². The molecule has 1 heterocycles. The van der Waals surface area contributed by atoms with Crippen LogP contribution in [0, 0.1) is 11.3 Å². The fourth-order valence-electron chi connectivity index (χ4n) is 1.95. The molecule has 0 aliphatic heterocycles. The van der Waals surface area contributed by atoms with Crippen LogP contribution >= 0.6 is 11.8 Å². The van der Waals surface area contributed by atoms with Crippen molar-refractivity contribution < 1.29 is 0 Å². The molecule has 0 atom stereocenters. The Morgan fingerprint density at radius 1 is 1.00 bits per heavy atom. The molecule has 2 N–H and O–H groups in total. The summed E-state index contributed by atoms with van der Waals surface area (Å²) in [6, 6.07) is 20.0. The van der Waals surface area contributed by atoms with Crippen molar-refractivity contribution in [3.8, 4) is 6.07 Å². The van der Waals surface area contributed by atoms with E-state index in [1.807, 2.05) is 24.3 Å². The molecular formula is C16H11N3S. The number of pyridine rings is 1. The molecule has 1 aromatic heterocycles. The lowest BCUT2D eigenvalue weighted by Gasteiger charge is -2.04. The first-order valence-electron chi connectivity index (χ1n) is 6.09. The van der Waals surface area contributed by atoms with E-state index in [9.17, 15) is 0 Å². The van der Waals surface area contributed by atoms with Gasteiger partial charge in [-0.2, -0.15) is 5.26 Å². The highest BCUT2D eigenvalue weighted by molar-refractivity contribution is 7.99. The summed E-state index contributed by atoms with van der Waals surface area (Å²) >= 11 is 1.52. The van der Waals surface area contributed by atoms with E-state index >= 15 is 0 Å². The minimum atomic E-state index is 0.274. The highest BCUT2D eigenvalue weighted by Crippen LogP contribution is 2.29. The lowest BCUT2D eigenvalue weighted by Crippen LogP contribution is -1.94. The fraction of sp³-hybridized carbons (Fsp3) is 0. The summed E-state index contributed by atoms with van der Waals surface area (Å²) in [4.78, 5) is 5.33. The van der Waals surface area contributed by atoms with E-state index < -0.39 is 0 Å². The zero-order valence-electron chi connectivity index (χ0n) is 10.6. The van der Waals surface area contributed by atoms with Crippen LogP contribution in [0.1, 0.15) is 5.69 Å². The highest BCUT2D eigenvalue weighted by atomic mass is 32.2. The van der Waals surface area contributed by atoms with E-state index in [-0.39, 0.29) is 5.69 Å². The highest BCUT2D eigenvalue weighted by Gasteiger charge is 2.04. The van der Waals surface area contributed by atoms with Gasteiger partial charge in [-0.1, -0.05) is 42.1 Å². The van der Waals surface area contributed by atoms with Crippen LogP contribution in [-0.4, -0.2) is 4.98 Å². The van der Waals surface area contributed by atoms with Crippen molar-refractivity contribution in [3.63, 3.8) is 0 Å². The molecule has 0 unspecified atom stereocenters.